The number of aromatic nitrogens is 2. The fourth-order valence-electron chi connectivity index (χ4n) is 2.40. The summed E-state index contributed by atoms with van der Waals surface area (Å²) in [5, 5.41) is 17.2. The normalized spacial score (nSPS) is 12.6. The maximum absolute atomic E-state index is 9.26. The van der Waals surface area contributed by atoms with E-state index in [1.54, 1.807) is 12.1 Å². The van der Waals surface area contributed by atoms with Crippen molar-refractivity contribution in [3.63, 3.8) is 0 Å². The van der Waals surface area contributed by atoms with Gasteiger partial charge < -0.3 is 10.4 Å². The summed E-state index contributed by atoms with van der Waals surface area (Å²) < 4.78 is 1.92. The smallest absolute Gasteiger partial charge is 0.115 e. The number of aryl methyl sites for hydroxylation is 2. The molecule has 19 heavy (non-hydrogen) atoms. The molecule has 0 fully saturated rings. The van der Waals surface area contributed by atoms with Gasteiger partial charge in [-0.25, -0.2) is 0 Å². The lowest BCUT2D eigenvalue weighted by atomic mass is 10.1. The first-order valence-electron chi connectivity index (χ1n) is 6.50. The van der Waals surface area contributed by atoms with Crippen LogP contribution >= 0.6 is 0 Å². The number of phenols is 1. The van der Waals surface area contributed by atoms with Crippen molar-refractivity contribution in [2.45, 2.75) is 33.4 Å². The van der Waals surface area contributed by atoms with Crippen molar-refractivity contribution < 1.29 is 5.11 Å². The molecule has 1 aromatic heterocycles. The molecule has 4 nitrogen and oxygen atoms in total. The zero-order valence-corrected chi connectivity index (χ0v) is 11.9. The van der Waals surface area contributed by atoms with Crippen LogP contribution in [0.5, 0.6) is 5.75 Å². The van der Waals surface area contributed by atoms with Crippen LogP contribution in [-0.4, -0.2) is 14.9 Å². The number of aromatic hydroxyl groups is 1. The molecule has 0 saturated carbocycles. The first kappa shape index (κ1) is 13.6. The molecule has 4 heteroatoms. The van der Waals surface area contributed by atoms with Gasteiger partial charge in [0.2, 0.25) is 0 Å². The van der Waals surface area contributed by atoms with Crippen LogP contribution in [0, 0.1) is 13.8 Å². The first-order valence-corrected chi connectivity index (χ1v) is 6.50. The second-order valence-electron chi connectivity index (χ2n) is 4.98. The third-order valence-electron chi connectivity index (χ3n) is 3.55. The van der Waals surface area contributed by atoms with Gasteiger partial charge in [-0.15, -0.1) is 0 Å². The van der Waals surface area contributed by atoms with Gasteiger partial charge >= 0.3 is 0 Å². The number of benzene rings is 1. The van der Waals surface area contributed by atoms with Crippen molar-refractivity contribution in [3.05, 3.63) is 46.8 Å². The molecule has 0 aliphatic heterocycles. The molecule has 102 valence electrons. The molecule has 0 aliphatic rings. The average molecular weight is 259 g/mol. The zero-order chi connectivity index (χ0) is 14.0. The Morgan fingerprint density at radius 1 is 1.26 bits per heavy atom. The van der Waals surface area contributed by atoms with E-state index in [9.17, 15) is 5.11 Å². The Morgan fingerprint density at radius 2 is 1.89 bits per heavy atom. The third-order valence-corrected chi connectivity index (χ3v) is 3.55. The van der Waals surface area contributed by atoms with E-state index in [-0.39, 0.29) is 6.04 Å². The minimum absolute atomic E-state index is 0.252. The van der Waals surface area contributed by atoms with Crippen LogP contribution in [0.25, 0.3) is 0 Å². The number of nitrogens with one attached hydrogen (secondary N) is 1. The van der Waals surface area contributed by atoms with Gasteiger partial charge in [-0.1, -0.05) is 12.1 Å². The molecule has 1 heterocycles. The molecule has 1 unspecified atom stereocenters. The second kappa shape index (κ2) is 5.45. The van der Waals surface area contributed by atoms with Gasteiger partial charge in [0, 0.05) is 30.9 Å². The molecular formula is C15H21N3O. The zero-order valence-electron chi connectivity index (χ0n) is 11.9. The van der Waals surface area contributed by atoms with Gasteiger partial charge in [-0.3, -0.25) is 4.68 Å². The lowest BCUT2D eigenvalue weighted by Crippen LogP contribution is -2.19. The Morgan fingerprint density at radius 3 is 2.42 bits per heavy atom. The molecule has 1 atom stereocenters. The van der Waals surface area contributed by atoms with Crippen molar-refractivity contribution in [2.75, 3.05) is 0 Å². The van der Waals surface area contributed by atoms with Gasteiger partial charge in [0.15, 0.2) is 0 Å². The topological polar surface area (TPSA) is 50.1 Å². The molecule has 0 saturated heterocycles. The fourth-order valence-corrected chi connectivity index (χ4v) is 2.40. The predicted molar refractivity (Wildman–Crippen MR) is 76.0 cm³/mol. The molecule has 2 rings (SSSR count). The summed E-state index contributed by atoms with van der Waals surface area (Å²) in [5.74, 6) is 0.302. The van der Waals surface area contributed by atoms with Gasteiger partial charge in [-0.2, -0.15) is 5.10 Å². The first-order chi connectivity index (χ1) is 8.99. The quantitative estimate of drug-likeness (QED) is 0.887. The van der Waals surface area contributed by atoms with Crippen molar-refractivity contribution >= 4 is 0 Å². The highest BCUT2D eigenvalue weighted by molar-refractivity contribution is 5.29. The van der Waals surface area contributed by atoms with Crippen LogP contribution in [0.15, 0.2) is 24.3 Å². The van der Waals surface area contributed by atoms with Crippen molar-refractivity contribution in [3.8, 4) is 5.75 Å². The maximum Gasteiger partial charge on any atom is 0.115 e. The Hall–Kier alpha value is -1.81. The van der Waals surface area contributed by atoms with Crippen LogP contribution in [0.4, 0.5) is 0 Å². The predicted octanol–water partition coefficient (Wildman–Crippen LogP) is 2.59. The molecule has 0 spiro atoms. The minimum Gasteiger partial charge on any atom is -0.508 e. The van der Waals surface area contributed by atoms with Crippen molar-refractivity contribution in [1.82, 2.24) is 15.1 Å². The highest BCUT2D eigenvalue weighted by atomic mass is 16.3. The van der Waals surface area contributed by atoms with E-state index in [1.165, 1.54) is 11.3 Å². The van der Waals surface area contributed by atoms with Crippen LogP contribution in [0.1, 0.15) is 35.5 Å². The number of phenolic OH excluding ortho intramolecular Hbond substituents is 1. The Balaban J connectivity index is 2.05. The Bertz CT molecular complexity index is 558. The van der Waals surface area contributed by atoms with Gasteiger partial charge in [0.05, 0.1) is 5.69 Å². The van der Waals surface area contributed by atoms with Gasteiger partial charge in [-0.05, 0) is 38.5 Å². The van der Waals surface area contributed by atoms with E-state index in [1.807, 2.05) is 30.8 Å². The Kier molecular flexibility index (Phi) is 3.90. The fraction of sp³-hybridized carbons (Fsp3) is 0.400. The summed E-state index contributed by atoms with van der Waals surface area (Å²) in [6.07, 6.45) is 0. The highest BCUT2D eigenvalue weighted by Crippen LogP contribution is 2.21. The maximum atomic E-state index is 9.26. The number of hydrogen-bond acceptors (Lipinski definition) is 3. The Labute approximate surface area is 114 Å². The molecule has 0 radical (unpaired) electrons. The molecule has 2 aromatic rings. The van der Waals surface area contributed by atoms with E-state index in [0.29, 0.717) is 5.75 Å². The van der Waals surface area contributed by atoms with Crippen molar-refractivity contribution in [1.29, 1.82) is 0 Å². The number of hydrogen-bond donors (Lipinski definition) is 2. The number of rotatable bonds is 4. The van der Waals surface area contributed by atoms with Crippen molar-refractivity contribution in [2.24, 2.45) is 7.05 Å². The van der Waals surface area contributed by atoms with Crippen LogP contribution in [0.2, 0.25) is 0 Å². The molecule has 0 bridgehead atoms. The van der Waals surface area contributed by atoms with Crippen LogP contribution in [0.3, 0.4) is 0 Å². The molecular weight excluding hydrogens is 238 g/mol. The van der Waals surface area contributed by atoms with E-state index in [4.69, 9.17) is 0 Å². The molecule has 0 aliphatic carbocycles. The third kappa shape index (κ3) is 2.96. The van der Waals surface area contributed by atoms with E-state index < -0.39 is 0 Å². The van der Waals surface area contributed by atoms with Gasteiger partial charge in [0.25, 0.3) is 0 Å². The summed E-state index contributed by atoms with van der Waals surface area (Å²) in [5.41, 5.74) is 4.69. The minimum atomic E-state index is 0.252. The van der Waals surface area contributed by atoms with E-state index in [0.717, 1.165) is 17.8 Å². The monoisotopic (exact) mass is 259 g/mol. The van der Waals surface area contributed by atoms with Crippen LogP contribution < -0.4 is 5.32 Å². The molecule has 2 N–H and O–H groups in total. The highest BCUT2D eigenvalue weighted by Gasteiger charge is 2.15. The number of nitrogens with zero attached hydrogens (tertiary/aromatic N) is 2. The standard InChI is InChI=1S/C15H21N3O/c1-10(15-11(2)17-18(4)12(15)3)16-9-13-5-7-14(19)8-6-13/h5-8,10,16,19H,9H2,1-4H3. The largest absolute Gasteiger partial charge is 0.508 e. The second-order valence-corrected chi connectivity index (χ2v) is 4.98. The average Bonchev–Trinajstić information content (AvgIpc) is 2.62. The summed E-state index contributed by atoms with van der Waals surface area (Å²) in [6, 6.07) is 7.53. The summed E-state index contributed by atoms with van der Waals surface area (Å²) in [7, 11) is 1.97. The summed E-state index contributed by atoms with van der Waals surface area (Å²) in [4.78, 5) is 0. The van der Waals surface area contributed by atoms with E-state index in [2.05, 4.69) is 24.3 Å². The summed E-state index contributed by atoms with van der Waals surface area (Å²) in [6.45, 7) is 7.06. The summed E-state index contributed by atoms with van der Waals surface area (Å²) >= 11 is 0. The lowest BCUT2D eigenvalue weighted by Gasteiger charge is -2.15. The van der Waals surface area contributed by atoms with Gasteiger partial charge in [0.1, 0.15) is 5.75 Å². The van der Waals surface area contributed by atoms with Crippen LogP contribution in [-0.2, 0) is 13.6 Å². The lowest BCUT2D eigenvalue weighted by molar-refractivity contribution is 0.474. The SMILES string of the molecule is Cc1nn(C)c(C)c1C(C)NCc1ccc(O)cc1. The van der Waals surface area contributed by atoms with E-state index >= 15 is 0 Å². The molecule has 1 aromatic carbocycles. The molecule has 0 amide bonds.